The molecule has 0 unspecified atom stereocenters. The number of amidine groups is 1. The van der Waals surface area contributed by atoms with Crippen LogP contribution in [0.5, 0.6) is 0 Å². The third kappa shape index (κ3) is 5.47. The lowest BCUT2D eigenvalue weighted by Crippen LogP contribution is -2.45. The smallest absolute Gasteiger partial charge is 0.319 e. The van der Waals surface area contributed by atoms with Crippen LogP contribution in [0.15, 0.2) is 24.3 Å². The first-order valence-corrected chi connectivity index (χ1v) is 9.04. The molecule has 0 saturated carbocycles. The molecule has 1 aromatic carbocycles. The van der Waals surface area contributed by atoms with Crippen LogP contribution in [-0.2, 0) is 4.79 Å². The second-order valence-electron chi connectivity index (χ2n) is 6.85. The van der Waals surface area contributed by atoms with E-state index in [-0.39, 0.29) is 18.3 Å². The molecule has 2 amide bonds. The van der Waals surface area contributed by atoms with Gasteiger partial charge in [-0.05, 0) is 37.2 Å². The van der Waals surface area contributed by atoms with Crippen molar-refractivity contribution in [1.29, 1.82) is 5.41 Å². The number of carbonyl (C=O) groups excluding carboxylic acids is 1. The van der Waals surface area contributed by atoms with Crippen LogP contribution in [0.2, 0.25) is 0 Å². The SMILES string of the molecule is CN(CCCCC(=O)O)C(=O)N1CCC(c2ccc(C(=N)N)cc2)CC1. The summed E-state index contributed by atoms with van der Waals surface area (Å²) in [6.45, 7) is 2.02. The number of piperidine rings is 1. The molecule has 0 aromatic heterocycles. The van der Waals surface area contributed by atoms with Gasteiger partial charge < -0.3 is 20.6 Å². The average molecular weight is 360 g/mol. The Morgan fingerprint density at radius 2 is 1.85 bits per heavy atom. The third-order valence-corrected chi connectivity index (χ3v) is 4.92. The number of benzene rings is 1. The van der Waals surface area contributed by atoms with Crippen LogP contribution >= 0.6 is 0 Å². The lowest BCUT2D eigenvalue weighted by atomic mass is 9.89. The van der Waals surface area contributed by atoms with Crippen LogP contribution in [-0.4, -0.2) is 59.4 Å². The summed E-state index contributed by atoms with van der Waals surface area (Å²) < 4.78 is 0. The molecule has 0 spiro atoms. The van der Waals surface area contributed by atoms with Crippen molar-refractivity contribution < 1.29 is 14.7 Å². The van der Waals surface area contributed by atoms with E-state index >= 15 is 0 Å². The van der Waals surface area contributed by atoms with Gasteiger partial charge in [0.15, 0.2) is 0 Å². The van der Waals surface area contributed by atoms with Gasteiger partial charge in [0, 0.05) is 38.7 Å². The number of hydrogen-bond donors (Lipinski definition) is 3. The maximum absolute atomic E-state index is 12.5. The maximum Gasteiger partial charge on any atom is 0.319 e. The standard InChI is InChI=1S/C19H28N4O3/c1-22(11-3-2-4-17(24)25)19(26)23-12-9-15(10-13-23)14-5-7-16(8-6-14)18(20)21/h5-8,15H,2-4,9-13H2,1H3,(H3,20,21)(H,24,25). The topological polar surface area (TPSA) is 111 Å². The zero-order chi connectivity index (χ0) is 19.1. The normalized spacial score (nSPS) is 14.9. The molecular weight excluding hydrogens is 332 g/mol. The first kappa shape index (κ1) is 19.8. The van der Waals surface area contributed by atoms with E-state index in [0.29, 0.717) is 25.3 Å². The lowest BCUT2D eigenvalue weighted by Gasteiger charge is -2.35. The minimum atomic E-state index is -0.794. The number of amides is 2. The fraction of sp³-hybridized carbons (Fsp3) is 0.526. The molecule has 1 aliphatic rings. The van der Waals surface area contributed by atoms with Gasteiger partial charge in [-0.25, -0.2) is 4.79 Å². The second kappa shape index (κ2) is 9.22. The summed E-state index contributed by atoms with van der Waals surface area (Å²) in [5.74, 6) is -0.304. The van der Waals surface area contributed by atoms with E-state index in [4.69, 9.17) is 16.2 Å². The molecule has 0 bridgehead atoms. The Bertz CT molecular complexity index is 637. The molecule has 7 nitrogen and oxygen atoms in total. The van der Waals surface area contributed by atoms with Gasteiger partial charge in [0.25, 0.3) is 0 Å². The highest BCUT2D eigenvalue weighted by Crippen LogP contribution is 2.28. The summed E-state index contributed by atoms with van der Waals surface area (Å²) in [4.78, 5) is 26.6. The summed E-state index contributed by atoms with van der Waals surface area (Å²) >= 11 is 0. The van der Waals surface area contributed by atoms with E-state index in [1.165, 1.54) is 5.56 Å². The molecule has 142 valence electrons. The molecule has 0 atom stereocenters. The molecule has 2 rings (SSSR count). The van der Waals surface area contributed by atoms with Crippen LogP contribution < -0.4 is 5.73 Å². The number of carboxylic acid groups (broad SMARTS) is 1. The van der Waals surface area contributed by atoms with E-state index in [2.05, 4.69) is 0 Å². The number of nitrogens with two attached hydrogens (primary N) is 1. The Labute approximate surface area is 154 Å². The summed E-state index contributed by atoms with van der Waals surface area (Å²) in [5.41, 5.74) is 7.44. The number of unbranched alkanes of at least 4 members (excludes halogenated alkanes) is 1. The van der Waals surface area contributed by atoms with Crippen LogP contribution in [0.25, 0.3) is 0 Å². The number of nitrogens with one attached hydrogen (secondary N) is 1. The second-order valence-corrected chi connectivity index (χ2v) is 6.85. The van der Waals surface area contributed by atoms with Crippen molar-refractivity contribution in [1.82, 2.24) is 9.80 Å². The first-order valence-electron chi connectivity index (χ1n) is 9.04. The van der Waals surface area contributed by atoms with Crippen molar-refractivity contribution in [3.63, 3.8) is 0 Å². The van der Waals surface area contributed by atoms with E-state index < -0.39 is 5.97 Å². The van der Waals surface area contributed by atoms with Crippen molar-refractivity contribution in [2.45, 2.75) is 38.0 Å². The van der Waals surface area contributed by atoms with Gasteiger partial charge >= 0.3 is 12.0 Å². The van der Waals surface area contributed by atoms with Gasteiger partial charge in [-0.3, -0.25) is 10.2 Å². The molecule has 0 radical (unpaired) electrons. The van der Waals surface area contributed by atoms with E-state index in [1.54, 1.807) is 11.9 Å². The monoisotopic (exact) mass is 360 g/mol. The van der Waals surface area contributed by atoms with Gasteiger partial charge in [0.1, 0.15) is 5.84 Å². The lowest BCUT2D eigenvalue weighted by molar-refractivity contribution is -0.137. The van der Waals surface area contributed by atoms with Crippen LogP contribution in [0, 0.1) is 5.41 Å². The third-order valence-electron chi connectivity index (χ3n) is 4.92. The van der Waals surface area contributed by atoms with Crippen LogP contribution in [0.3, 0.4) is 0 Å². The Kier molecular flexibility index (Phi) is 7.00. The number of hydrogen-bond acceptors (Lipinski definition) is 3. The van der Waals surface area contributed by atoms with Crippen molar-refractivity contribution in [2.75, 3.05) is 26.7 Å². The number of likely N-dealkylation sites (tertiary alicyclic amines) is 1. The number of rotatable bonds is 7. The molecule has 1 heterocycles. The van der Waals surface area contributed by atoms with Crippen molar-refractivity contribution in [3.8, 4) is 0 Å². The van der Waals surface area contributed by atoms with Gasteiger partial charge in [-0.1, -0.05) is 24.3 Å². The molecule has 1 fully saturated rings. The highest BCUT2D eigenvalue weighted by molar-refractivity contribution is 5.94. The van der Waals surface area contributed by atoms with Crippen LogP contribution in [0.4, 0.5) is 4.79 Å². The van der Waals surface area contributed by atoms with E-state index in [1.807, 2.05) is 29.2 Å². The fourth-order valence-corrected chi connectivity index (χ4v) is 3.30. The number of carbonyl (C=O) groups is 2. The molecule has 1 aromatic rings. The zero-order valence-electron chi connectivity index (χ0n) is 15.3. The Balaban J connectivity index is 1.78. The molecule has 0 aliphatic carbocycles. The maximum atomic E-state index is 12.5. The highest BCUT2D eigenvalue weighted by atomic mass is 16.4. The highest BCUT2D eigenvalue weighted by Gasteiger charge is 2.25. The van der Waals surface area contributed by atoms with Gasteiger partial charge in [-0.2, -0.15) is 0 Å². The van der Waals surface area contributed by atoms with Gasteiger partial charge in [0.2, 0.25) is 0 Å². The Morgan fingerprint density at radius 1 is 1.23 bits per heavy atom. The largest absolute Gasteiger partial charge is 0.481 e. The molecule has 4 N–H and O–H groups in total. The van der Waals surface area contributed by atoms with E-state index in [9.17, 15) is 9.59 Å². The fourth-order valence-electron chi connectivity index (χ4n) is 3.30. The summed E-state index contributed by atoms with van der Waals surface area (Å²) in [7, 11) is 1.77. The van der Waals surface area contributed by atoms with Crippen LogP contribution in [0.1, 0.15) is 49.1 Å². The zero-order valence-corrected chi connectivity index (χ0v) is 15.3. The molecular formula is C19H28N4O3. The number of aliphatic carboxylic acids is 1. The number of nitrogens with zero attached hydrogens (tertiary/aromatic N) is 2. The summed E-state index contributed by atoms with van der Waals surface area (Å²) in [5, 5.41) is 16.1. The van der Waals surface area contributed by atoms with E-state index in [0.717, 1.165) is 31.5 Å². The molecule has 1 saturated heterocycles. The number of carboxylic acids is 1. The Morgan fingerprint density at radius 3 is 2.38 bits per heavy atom. The quantitative estimate of drug-likeness (QED) is 0.394. The van der Waals surface area contributed by atoms with Gasteiger partial charge in [-0.15, -0.1) is 0 Å². The summed E-state index contributed by atoms with van der Waals surface area (Å²) in [6, 6.07) is 7.81. The van der Waals surface area contributed by atoms with Gasteiger partial charge in [0.05, 0.1) is 0 Å². The van der Waals surface area contributed by atoms with Crippen molar-refractivity contribution in [2.24, 2.45) is 5.73 Å². The Hall–Kier alpha value is -2.57. The first-order chi connectivity index (χ1) is 12.4. The minimum Gasteiger partial charge on any atom is -0.481 e. The minimum absolute atomic E-state index is 0.0192. The number of urea groups is 1. The number of nitrogen functional groups attached to an aromatic ring is 1. The molecule has 7 heteroatoms. The van der Waals surface area contributed by atoms with Crippen molar-refractivity contribution >= 4 is 17.8 Å². The predicted molar refractivity (Wildman–Crippen MR) is 101 cm³/mol. The average Bonchev–Trinajstić information content (AvgIpc) is 2.64. The van der Waals surface area contributed by atoms with Crippen molar-refractivity contribution in [3.05, 3.63) is 35.4 Å². The molecule has 1 aliphatic heterocycles. The predicted octanol–water partition coefficient (Wildman–Crippen LogP) is 2.46. The molecule has 26 heavy (non-hydrogen) atoms. The summed E-state index contributed by atoms with van der Waals surface area (Å²) in [6.07, 6.45) is 3.27.